The van der Waals surface area contributed by atoms with E-state index in [0.717, 1.165) is 0 Å². The van der Waals surface area contributed by atoms with E-state index >= 15 is 0 Å². The molecule has 94 valence electrons. The number of esters is 1. The van der Waals surface area contributed by atoms with Crippen LogP contribution in [0.1, 0.15) is 13.3 Å². The highest BCUT2D eigenvalue weighted by Crippen LogP contribution is 2.12. The van der Waals surface area contributed by atoms with E-state index in [9.17, 15) is 4.79 Å². The van der Waals surface area contributed by atoms with Crippen molar-refractivity contribution in [1.82, 2.24) is 9.97 Å². The summed E-state index contributed by atoms with van der Waals surface area (Å²) in [6.07, 6.45) is 3.49. The van der Waals surface area contributed by atoms with E-state index in [1.165, 1.54) is 7.11 Å². The zero-order valence-corrected chi connectivity index (χ0v) is 10.3. The molecule has 0 atom stereocenters. The molecule has 0 bridgehead atoms. The van der Waals surface area contributed by atoms with Crippen molar-refractivity contribution in [3.63, 3.8) is 0 Å². The molecule has 0 spiro atoms. The van der Waals surface area contributed by atoms with Gasteiger partial charge in [0, 0.05) is 13.6 Å². The predicted molar refractivity (Wildman–Crippen MR) is 63.1 cm³/mol. The van der Waals surface area contributed by atoms with Crippen molar-refractivity contribution in [2.45, 2.75) is 13.3 Å². The fourth-order valence-electron chi connectivity index (χ4n) is 1.22. The van der Waals surface area contributed by atoms with Gasteiger partial charge in [0.25, 0.3) is 0 Å². The van der Waals surface area contributed by atoms with Crippen LogP contribution in [0.5, 0.6) is 5.88 Å². The third-order valence-electron chi connectivity index (χ3n) is 2.16. The van der Waals surface area contributed by atoms with Crippen molar-refractivity contribution >= 4 is 11.8 Å². The monoisotopic (exact) mass is 239 g/mol. The number of carbonyl (C=O) groups excluding carboxylic acids is 1. The van der Waals surface area contributed by atoms with Gasteiger partial charge in [-0.2, -0.15) is 4.98 Å². The zero-order chi connectivity index (χ0) is 12.7. The van der Waals surface area contributed by atoms with E-state index in [1.807, 2.05) is 18.9 Å². The van der Waals surface area contributed by atoms with E-state index < -0.39 is 0 Å². The molecule has 1 rings (SSSR count). The number of methoxy groups -OCH3 is 1. The number of ether oxygens (including phenoxy) is 2. The topological polar surface area (TPSA) is 64.5 Å². The molecular weight excluding hydrogens is 222 g/mol. The maximum atomic E-state index is 11.0. The number of hydrogen-bond acceptors (Lipinski definition) is 6. The van der Waals surface area contributed by atoms with Crippen LogP contribution in [0, 0.1) is 0 Å². The first-order valence-electron chi connectivity index (χ1n) is 5.40. The minimum absolute atomic E-state index is 0.245. The molecule has 17 heavy (non-hydrogen) atoms. The van der Waals surface area contributed by atoms with E-state index in [-0.39, 0.29) is 5.97 Å². The van der Waals surface area contributed by atoms with Crippen LogP contribution >= 0.6 is 0 Å². The highest BCUT2D eigenvalue weighted by molar-refractivity contribution is 5.69. The zero-order valence-electron chi connectivity index (χ0n) is 10.3. The molecule has 0 amide bonds. The molecule has 0 radical (unpaired) electrons. The molecule has 0 N–H and O–H groups in total. The van der Waals surface area contributed by atoms with Gasteiger partial charge in [0.2, 0.25) is 5.88 Å². The second-order valence-electron chi connectivity index (χ2n) is 3.40. The summed E-state index contributed by atoms with van der Waals surface area (Å²) in [5.41, 5.74) is 0. The molecule has 0 saturated carbocycles. The first-order valence-corrected chi connectivity index (χ1v) is 5.40. The predicted octanol–water partition coefficient (Wildman–Crippen LogP) is 0.875. The largest absolute Gasteiger partial charge is 0.477 e. The fourth-order valence-corrected chi connectivity index (χ4v) is 1.22. The molecule has 1 aromatic rings. The van der Waals surface area contributed by atoms with Crippen LogP contribution in [-0.4, -0.2) is 43.2 Å². The van der Waals surface area contributed by atoms with Crippen LogP contribution in [-0.2, 0) is 9.53 Å². The molecule has 6 nitrogen and oxygen atoms in total. The van der Waals surface area contributed by atoms with Crippen molar-refractivity contribution in [3.8, 4) is 5.88 Å². The molecule has 0 aromatic carbocycles. The number of nitrogens with zero attached hydrogens (tertiary/aromatic N) is 3. The van der Waals surface area contributed by atoms with Gasteiger partial charge < -0.3 is 14.4 Å². The van der Waals surface area contributed by atoms with Gasteiger partial charge in [0.1, 0.15) is 0 Å². The Labute approximate surface area is 101 Å². The summed E-state index contributed by atoms with van der Waals surface area (Å²) in [4.78, 5) is 21.1. The maximum absolute atomic E-state index is 11.0. The third-order valence-corrected chi connectivity index (χ3v) is 2.16. The lowest BCUT2D eigenvalue weighted by molar-refractivity contribution is -0.140. The number of hydrogen-bond donors (Lipinski definition) is 0. The molecule has 0 aliphatic rings. The van der Waals surface area contributed by atoms with Gasteiger partial charge in [0.15, 0.2) is 5.82 Å². The molecule has 6 heteroatoms. The Bertz CT molecular complexity index is 371. The first kappa shape index (κ1) is 13.2. The average molecular weight is 239 g/mol. The maximum Gasteiger partial charge on any atom is 0.307 e. The van der Waals surface area contributed by atoms with E-state index in [0.29, 0.717) is 31.3 Å². The minimum Gasteiger partial charge on any atom is -0.477 e. The van der Waals surface area contributed by atoms with Crippen LogP contribution in [0.2, 0.25) is 0 Å². The molecular formula is C11H17N3O3. The second kappa shape index (κ2) is 6.67. The van der Waals surface area contributed by atoms with Crippen molar-refractivity contribution in [2.24, 2.45) is 0 Å². The summed E-state index contributed by atoms with van der Waals surface area (Å²) in [6, 6.07) is 0. The van der Waals surface area contributed by atoms with Crippen LogP contribution in [0.25, 0.3) is 0 Å². The highest BCUT2D eigenvalue weighted by Gasteiger charge is 2.07. The number of carbonyl (C=O) groups is 1. The lowest BCUT2D eigenvalue weighted by Crippen LogP contribution is -2.22. The molecule has 0 saturated heterocycles. The van der Waals surface area contributed by atoms with Crippen molar-refractivity contribution in [2.75, 3.05) is 32.2 Å². The second-order valence-corrected chi connectivity index (χ2v) is 3.40. The molecule has 0 aliphatic carbocycles. The SMILES string of the molecule is CCOc1cncc(N(C)CCC(=O)OC)n1. The van der Waals surface area contributed by atoms with Crippen molar-refractivity contribution in [3.05, 3.63) is 12.4 Å². The quantitative estimate of drug-likeness (QED) is 0.686. The Hall–Kier alpha value is -1.85. The van der Waals surface area contributed by atoms with Gasteiger partial charge in [-0.05, 0) is 6.92 Å². The summed E-state index contributed by atoms with van der Waals surface area (Å²) < 4.78 is 9.82. The Morgan fingerprint density at radius 2 is 2.24 bits per heavy atom. The molecule has 1 aromatic heterocycles. The molecule has 0 aliphatic heterocycles. The van der Waals surface area contributed by atoms with Gasteiger partial charge in [-0.1, -0.05) is 0 Å². The van der Waals surface area contributed by atoms with Gasteiger partial charge in [-0.15, -0.1) is 0 Å². The minimum atomic E-state index is -0.245. The average Bonchev–Trinajstić information content (AvgIpc) is 2.36. The van der Waals surface area contributed by atoms with Gasteiger partial charge in [-0.25, -0.2) is 0 Å². The summed E-state index contributed by atoms with van der Waals surface area (Å²) in [7, 11) is 3.21. The van der Waals surface area contributed by atoms with Crippen LogP contribution in [0.15, 0.2) is 12.4 Å². The first-order chi connectivity index (χ1) is 8.17. The smallest absolute Gasteiger partial charge is 0.307 e. The molecule has 0 unspecified atom stereocenters. The van der Waals surface area contributed by atoms with E-state index in [4.69, 9.17) is 4.74 Å². The molecule has 1 heterocycles. The van der Waals surface area contributed by atoms with Gasteiger partial charge in [-0.3, -0.25) is 9.78 Å². The molecule has 0 fully saturated rings. The van der Waals surface area contributed by atoms with Crippen molar-refractivity contribution < 1.29 is 14.3 Å². The summed E-state index contributed by atoms with van der Waals surface area (Å²) in [6.45, 7) is 2.95. The Morgan fingerprint density at radius 3 is 2.88 bits per heavy atom. The number of anilines is 1. The summed E-state index contributed by atoms with van der Waals surface area (Å²) >= 11 is 0. The number of rotatable bonds is 6. The Morgan fingerprint density at radius 1 is 1.47 bits per heavy atom. The Kier molecular flexibility index (Phi) is 5.19. The van der Waals surface area contributed by atoms with Crippen LogP contribution < -0.4 is 9.64 Å². The highest BCUT2D eigenvalue weighted by atomic mass is 16.5. The van der Waals surface area contributed by atoms with E-state index in [2.05, 4.69) is 14.7 Å². The van der Waals surface area contributed by atoms with Crippen LogP contribution in [0.4, 0.5) is 5.82 Å². The van der Waals surface area contributed by atoms with Crippen LogP contribution in [0.3, 0.4) is 0 Å². The lowest BCUT2D eigenvalue weighted by atomic mass is 10.4. The van der Waals surface area contributed by atoms with Gasteiger partial charge >= 0.3 is 5.97 Å². The standard InChI is InChI=1S/C11H17N3O3/c1-4-17-10-8-12-7-9(13-10)14(2)6-5-11(15)16-3/h7-8H,4-6H2,1-3H3. The number of aromatic nitrogens is 2. The van der Waals surface area contributed by atoms with Gasteiger partial charge in [0.05, 0.1) is 32.5 Å². The van der Waals surface area contributed by atoms with E-state index in [1.54, 1.807) is 12.4 Å². The summed E-state index contributed by atoms with van der Waals surface area (Å²) in [5.74, 6) is 0.903. The van der Waals surface area contributed by atoms with Crippen molar-refractivity contribution in [1.29, 1.82) is 0 Å². The third kappa shape index (κ3) is 4.26. The summed E-state index contributed by atoms with van der Waals surface area (Å²) in [5, 5.41) is 0. The Balaban J connectivity index is 2.58. The normalized spacial score (nSPS) is 9.82. The fraction of sp³-hybridized carbons (Fsp3) is 0.545. The lowest BCUT2D eigenvalue weighted by Gasteiger charge is -2.17.